The predicted octanol–water partition coefficient (Wildman–Crippen LogP) is 20.7. The van der Waals surface area contributed by atoms with Gasteiger partial charge in [-0.1, -0.05) is 259 Å². The minimum atomic E-state index is -0.815. The molecule has 0 spiro atoms. The van der Waals surface area contributed by atoms with Crippen molar-refractivity contribution in [1.29, 1.82) is 0 Å². The molecule has 416 valence electrons. The lowest BCUT2D eigenvalue weighted by Crippen LogP contribution is -2.30. The first kappa shape index (κ1) is 69.1. The fourth-order valence-corrected chi connectivity index (χ4v) is 8.22. The summed E-state index contributed by atoms with van der Waals surface area (Å²) in [4.78, 5) is 38.2. The van der Waals surface area contributed by atoms with Crippen LogP contribution in [-0.4, -0.2) is 37.2 Å². The molecule has 0 heterocycles. The lowest BCUT2D eigenvalue weighted by Gasteiger charge is -2.18. The minimum absolute atomic E-state index is 0.106. The van der Waals surface area contributed by atoms with Crippen molar-refractivity contribution in [2.45, 2.75) is 284 Å². The van der Waals surface area contributed by atoms with Gasteiger partial charge >= 0.3 is 17.9 Å². The number of hydrogen-bond acceptors (Lipinski definition) is 6. The van der Waals surface area contributed by atoms with Gasteiger partial charge in [0.05, 0.1) is 0 Å². The molecule has 1 unspecified atom stereocenters. The van der Waals surface area contributed by atoms with Gasteiger partial charge in [-0.15, -0.1) is 0 Å². The summed E-state index contributed by atoms with van der Waals surface area (Å²) in [5.74, 6) is -0.996. The third-order valence-electron chi connectivity index (χ3n) is 12.8. The van der Waals surface area contributed by atoms with Crippen molar-refractivity contribution in [3.8, 4) is 0 Å². The number of ether oxygens (including phenoxy) is 3. The number of carbonyl (C=O) groups is 3. The molecular weight excluding hydrogens is 901 g/mol. The lowest BCUT2D eigenvalue weighted by atomic mass is 10.1. The van der Waals surface area contributed by atoms with Gasteiger partial charge in [0.25, 0.3) is 0 Å². The first-order valence-corrected chi connectivity index (χ1v) is 30.4. The zero-order valence-electron chi connectivity index (χ0n) is 47.6. The molecule has 0 aromatic heterocycles. The summed E-state index contributed by atoms with van der Waals surface area (Å²) in [6, 6.07) is 0. The Morgan fingerprint density at radius 3 is 1.03 bits per heavy atom. The number of hydrogen-bond donors (Lipinski definition) is 0. The van der Waals surface area contributed by atoms with Crippen LogP contribution in [0.1, 0.15) is 278 Å². The van der Waals surface area contributed by atoms with Gasteiger partial charge in [-0.2, -0.15) is 0 Å². The smallest absolute Gasteiger partial charge is 0.306 e. The van der Waals surface area contributed by atoms with Gasteiger partial charge in [-0.05, 0) is 109 Å². The molecule has 0 saturated heterocycles. The summed E-state index contributed by atoms with van der Waals surface area (Å²) in [6.07, 6.45) is 82.3. The van der Waals surface area contributed by atoms with Crippen molar-refractivity contribution < 1.29 is 28.6 Å². The van der Waals surface area contributed by atoms with Crippen LogP contribution >= 0.6 is 0 Å². The number of carbonyl (C=O) groups excluding carboxylic acids is 3. The molecule has 1 atom stereocenters. The molecule has 0 radical (unpaired) electrons. The fourth-order valence-electron chi connectivity index (χ4n) is 8.22. The van der Waals surface area contributed by atoms with E-state index in [0.717, 1.165) is 77.0 Å². The summed E-state index contributed by atoms with van der Waals surface area (Å²) in [6.45, 7) is 6.44. The highest BCUT2D eigenvalue weighted by molar-refractivity contribution is 5.71. The highest BCUT2D eigenvalue weighted by atomic mass is 16.6. The van der Waals surface area contributed by atoms with E-state index in [1.165, 1.54) is 154 Å². The molecule has 0 aliphatic heterocycles. The van der Waals surface area contributed by atoms with Gasteiger partial charge in [-0.25, -0.2) is 0 Å². The van der Waals surface area contributed by atoms with Crippen LogP contribution in [0.15, 0.2) is 109 Å². The van der Waals surface area contributed by atoms with Crippen LogP contribution < -0.4 is 0 Å². The number of unbranched alkanes of at least 4 members (excludes halogenated alkanes) is 26. The summed E-state index contributed by atoms with van der Waals surface area (Å²) < 4.78 is 16.8. The van der Waals surface area contributed by atoms with Crippen molar-refractivity contribution in [2.24, 2.45) is 0 Å². The van der Waals surface area contributed by atoms with Crippen LogP contribution in [0, 0.1) is 0 Å². The molecule has 0 rings (SSSR count). The van der Waals surface area contributed by atoms with Crippen LogP contribution in [0.5, 0.6) is 0 Å². The molecular formula is C67H112O6. The fraction of sp³-hybridized carbons (Fsp3) is 0.687. The van der Waals surface area contributed by atoms with Crippen LogP contribution in [-0.2, 0) is 28.6 Å². The Morgan fingerprint density at radius 2 is 0.603 bits per heavy atom. The first-order valence-electron chi connectivity index (χ1n) is 30.4. The van der Waals surface area contributed by atoms with E-state index in [1.54, 1.807) is 0 Å². The van der Waals surface area contributed by atoms with Gasteiger partial charge in [0.15, 0.2) is 6.10 Å². The van der Waals surface area contributed by atoms with Gasteiger partial charge < -0.3 is 14.2 Å². The molecule has 0 aliphatic carbocycles. The third kappa shape index (κ3) is 58.8. The Balaban J connectivity index is 4.51. The van der Waals surface area contributed by atoms with E-state index in [-0.39, 0.29) is 37.5 Å². The second-order valence-electron chi connectivity index (χ2n) is 19.9. The van der Waals surface area contributed by atoms with Crippen molar-refractivity contribution in [3.05, 3.63) is 109 Å². The van der Waals surface area contributed by atoms with E-state index in [0.29, 0.717) is 19.3 Å². The molecule has 6 nitrogen and oxygen atoms in total. The Hall–Kier alpha value is -3.93. The Bertz CT molecular complexity index is 1490. The Kier molecular flexibility index (Phi) is 57.4. The molecule has 0 amide bonds. The molecule has 0 aromatic rings. The van der Waals surface area contributed by atoms with Crippen molar-refractivity contribution in [1.82, 2.24) is 0 Å². The van der Waals surface area contributed by atoms with Crippen LogP contribution in [0.2, 0.25) is 0 Å². The maximum Gasteiger partial charge on any atom is 0.306 e. The summed E-state index contributed by atoms with van der Waals surface area (Å²) >= 11 is 0. The van der Waals surface area contributed by atoms with Gasteiger partial charge in [-0.3, -0.25) is 14.4 Å². The normalized spacial score (nSPS) is 12.9. The number of allylic oxidation sites excluding steroid dienone is 18. The predicted molar refractivity (Wildman–Crippen MR) is 316 cm³/mol. The quantitative estimate of drug-likeness (QED) is 0.0199. The van der Waals surface area contributed by atoms with Crippen molar-refractivity contribution >= 4 is 17.9 Å². The zero-order chi connectivity index (χ0) is 52.9. The maximum atomic E-state index is 12.9. The Labute approximate surface area is 450 Å². The highest BCUT2D eigenvalue weighted by Gasteiger charge is 2.19. The first-order chi connectivity index (χ1) is 36.0. The van der Waals surface area contributed by atoms with E-state index in [2.05, 4.69) is 124 Å². The van der Waals surface area contributed by atoms with E-state index in [4.69, 9.17) is 14.2 Å². The highest BCUT2D eigenvalue weighted by Crippen LogP contribution is 2.15. The Morgan fingerprint density at radius 1 is 0.301 bits per heavy atom. The van der Waals surface area contributed by atoms with Crippen LogP contribution in [0.25, 0.3) is 0 Å². The minimum Gasteiger partial charge on any atom is -0.462 e. The van der Waals surface area contributed by atoms with E-state index < -0.39 is 6.10 Å². The molecule has 0 aliphatic rings. The van der Waals surface area contributed by atoms with Crippen molar-refractivity contribution in [2.75, 3.05) is 13.2 Å². The second kappa shape index (κ2) is 60.6. The van der Waals surface area contributed by atoms with Gasteiger partial charge in [0, 0.05) is 19.3 Å². The lowest BCUT2D eigenvalue weighted by molar-refractivity contribution is -0.166. The van der Waals surface area contributed by atoms with Gasteiger partial charge in [0.2, 0.25) is 0 Å². The van der Waals surface area contributed by atoms with E-state index >= 15 is 0 Å². The largest absolute Gasteiger partial charge is 0.462 e. The molecule has 73 heavy (non-hydrogen) atoms. The molecule has 0 aromatic carbocycles. The van der Waals surface area contributed by atoms with E-state index in [9.17, 15) is 14.4 Å². The monoisotopic (exact) mass is 1010 g/mol. The molecule has 6 heteroatoms. The molecule has 0 N–H and O–H groups in total. The number of rotatable bonds is 54. The second-order valence-corrected chi connectivity index (χ2v) is 19.9. The number of esters is 3. The molecule has 0 fully saturated rings. The topological polar surface area (TPSA) is 78.9 Å². The third-order valence-corrected chi connectivity index (χ3v) is 12.8. The molecule has 0 bridgehead atoms. The SMILES string of the molecule is CC/C=C\C/C=C\C/C=C\C/C=C\C/C=C\C/C=C\CCC(=O)OCC(COC(=O)CCCCCCCCC/C=C\CCCCCCCC)OC(=O)CCCCCCCCCCCC/C=C\C=C/CCCCC. The van der Waals surface area contributed by atoms with Crippen molar-refractivity contribution in [3.63, 3.8) is 0 Å². The standard InChI is InChI=1S/C67H112O6/c1-4-7-10-13-16-19-22-25-28-31-33-36-39-42-45-48-51-54-57-60-66(69)72-63-64(62-71-65(68)59-56-53-50-47-44-41-38-35-30-27-24-21-18-15-12-9-6-3)73-67(70)61-58-55-52-49-46-43-40-37-34-32-29-26-23-20-17-14-11-8-5-2/h7,10,16-17,19-20,23,25-28,30,33,36,42,45,51,54,64H,4-6,8-9,11-15,18,21-22,24,29,31-32,34-35,37-41,43-44,46-50,52-53,55-63H2,1-3H3/b10-7-,19-16-,20-17-,26-23-,28-25-,30-27-,36-33-,45-42-,54-51-. The van der Waals surface area contributed by atoms with Crippen LogP contribution in [0.4, 0.5) is 0 Å². The van der Waals surface area contributed by atoms with E-state index in [1.807, 2.05) is 6.08 Å². The summed E-state index contributed by atoms with van der Waals surface area (Å²) in [7, 11) is 0. The summed E-state index contributed by atoms with van der Waals surface area (Å²) in [5.41, 5.74) is 0. The maximum absolute atomic E-state index is 12.9. The molecule has 0 saturated carbocycles. The summed E-state index contributed by atoms with van der Waals surface area (Å²) in [5, 5.41) is 0. The average Bonchev–Trinajstić information content (AvgIpc) is 3.39. The average molecular weight is 1010 g/mol. The van der Waals surface area contributed by atoms with Crippen LogP contribution in [0.3, 0.4) is 0 Å². The van der Waals surface area contributed by atoms with Gasteiger partial charge in [0.1, 0.15) is 13.2 Å². The zero-order valence-corrected chi connectivity index (χ0v) is 47.6.